The summed E-state index contributed by atoms with van der Waals surface area (Å²) in [6.07, 6.45) is 4.45. The SMILES string of the molecule is C[N+](C)(C/C=C/C1=C(C(=O)O)N2C(=O)[C@@H](N)[C@H]2SC1)CCCO. The van der Waals surface area contributed by atoms with Crippen LogP contribution in [0.1, 0.15) is 6.42 Å². The number of amides is 1. The second kappa shape index (κ2) is 7.04. The molecule has 0 unspecified atom stereocenters. The number of β-lactam (4-membered cyclic amide) rings is 1. The number of hydrogen-bond acceptors (Lipinski definition) is 5. The summed E-state index contributed by atoms with van der Waals surface area (Å²) in [5.41, 5.74) is 6.41. The van der Waals surface area contributed by atoms with Crippen molar-refractivity contribution in [1.29, 1.82) is 0 Å². The molecule has 0 aromatic carbocycles. The molecule has 1 saturated heterocycles. The van der Waals surface area contributed by atoms with Crippen LogP contribution in [0, 0.1) is 0 Å². The Morgan fingerprint density at radius 2 is 2.22 bits per heavy atom. The Balaban J connectivity index is 2.12. The Morgan fingerprint density at radius 3 is 2.83 bits per heavy atom. The fourth-order valence-electron chi connectivity index (χ4n) is 2.74. The van der Waals surface area contributed by atoms with E-state index < -0.39 is 12.0 Å². The fourth-order valence-corrected chi connectivity index (χ4v) is 4.00. The molecule has 2 rings (SSSR count). The summed E-state index contributed by atoms with van der Waals surface area (Å²) in [5, 5.41) is 18.1. The van der Waals surface area contributed by atoms with Gasteiger partial charge >= 0.3 is 5.97 Å². The van der Waals surface area contributed by atoms with E-state index in [9.17, 15) is 14.7 Å². The first kappa shape index (κ1) is 18.0. The van der Waals surface area contributed by atoms with Crippen molar-refractivity contribution < 1.29 is 24.3 Å². The van der Waals surface area contributed by atoms with Gasteiger partial charge in [-0.1, -0.05) is 6.08 Å². The van der Waals surface area contributed by atoms with Crippen molar-refractivity contribution in [1.82, 2.24) is 4.90 Å². The molecule has 2 heterocycles. The highest BCUT2D eigenvalue weighted by Crippen LogP contribution is 2.39. The number of fused-ring (bicyclic) bond motifs is 1. The number of hydrogen-bond donors (Lipinski definition) is 3. The number of carbonyl (C=O) groups excluding carboxylic acids is 1. The van der Waals surface area contributed by atoms with Gasteiger partial charge in [-0.15, -0.1) is 11.8 Å². The van der Waals surface area contributed by atoms with Gasteiger partial charge in [0, 0.05) is 18.8 Å². The van der Waals surface area contributed by atoms with Crippen LogP contribution in [0.2, 0.25) is 0 Å². The molecule has 0 aromatic heterocycles. The molecule has 2 aliphatic heterocycles. The third-order valence-electron chi connectivity index (χ3n) is 4.08. The second-order valence-corrected chi connectivity index (χ2v) is 7.54. The van der Waals surface area contributed by atoms with Gasteiger partial charge in [0.2, 0.25) is 5.91 Å². The third kappa shape index (κ3) is 3.77. The zero-order valence-electron chi connectivity index (χ0n) is 13.4. The molecular weight excluding hydrogens is 318 g/mol. The summed E-state index contributed by atoms with van der Waals surface area (Å²) in [7, 11) is 4.10. The number of aliphatic hydroxyl groups excluding tert-OH is 1. The third-order valence-corrected chi connectivity index (χ3v) is 5.40. The number of thioether (sulfide) groups is 1. The number of quaternary nitrogens is 1. The number of likely N-dealkylation sites (N-methyl/N-ethyl adjacent to an activating group) is 1. The molecule has 2 atom stereocenters. The number of allylic oxidation sites excluding steroid dienone is 1. The highest BCUT2D eigenvalue weighted by Gasteiger charge is 2.51. The normalized spacial score (nSPS) is 24.9. The van der Waals surface area contributed by atoms with E-state index in [4.69, 9.17) is 10.8 Å². The van der Waals surface area contributed by atoms with Gasteiger partial charge in [-0.2, -0.15) is 0 Å². The minimum absolute atomic E-state index is 0.0531. The maximum absolute atomic E-state index is 11.8. The van der Waals surface area contributed by atoms with Crippen molar-refractivity contribution in [2.75, 3.05) is 39.5 Å². The van der Waals surface area contributed by atoms with E-state index >= 15 is 0 Å². The number of carboxylic acids is 1. The van der Waals surface area contributed by atoms with Crippen LogP contribution in [-0.4, -0.2) is 82.4 Å². The van der Waals surface area contributed by atoms with Crippen LogP contribution < -0.4 is 5.73 Å². The van der Waals surface area contributed by atoms with Gasteiger partial charge in [0.25, 0.3) is 0 Å². The molecule has 8 heteroatoms. The summed E-state index contributed by atoms with van der Waals surface area (Å²) < 4.78 is 0.704. The molecule has 128 valence electrons. The molecule has 23 heavy (non-hydrogen) atoms. The molecule has 0 bridgehead atoms. The van der Waals surface area contributed by atoms with E-state index in [1.165, 1.54) is 16.7 Å². The molecule has 0 radical (unpaired) electrons. The molecule has 0 spiro atoms. The number of nitrogens with two attached hydrogens (primary N) is 1. The van der Waals surface area contributed by atoms with E-state index in [0.717, 1.165) is 19.5 Å². The standard InChI is InChI=1S/C15H23N3O4S/c1-18(2,7-4-8-19)6-3-5-10-9-23-14-11(16)13(20)17(14)12(10)15(21)22/h3,5,11,14,19H,4,6-9,16H2,1-2H3/p+1/b5-3+/t11-,14-/m1/s1. The summed E-state index contributed by atoms with van der Waals surface area (Å²) in [6.45, 7) is 1.72. The number of rotatable bonds is 7. The number of nitrogens with zero attached hydrogens (tertiary/aromatic N) is 2. The second-order valence-electron chi connectivity index (χ2n) is 6.44. The summed E-state index contributed by atoms with van der Waals surface area (Å²) in [6, 6.07) is -0.603. The lowest BCUT2D eigenvalue weighted by Crippen LogP contribution is -2.68. The van der Waals surface area contributed by atoms with Crippen LogP contribution in [0.5, 0.6) is 0 Å². The smallest absolute Gasteiger partial charge is 0.352 e. The van der Waals surface area contributed by atoms with Crippen LogP contribution in [0.4, 0.5) is 0 Å². The molecule has 1 fully saturated rings. The van der Waals surface area contributed by atoms with E-state index in [2.05, 4.69) is 14.1 Å². The molecule has 0 aromatic rings. The van der Waals surface area contributed by atoms with Gasteiger partial charge in [-0.3, -0.25) is 9.69 Å². The van der Waals surface area contributed by atoms with E-state index in [1.54, 1.807) is 6.08 Å². The minimum Gasteiger partial charge on any atom is -0.477 e. The Bertz CT molecular complexity index is 559. The number of aliphatic hydroxyl groups is 1. The zero-order valence-corrected chi connectivity index (χ0v) is 14.3. The summed E-state index contributed by atoms with van der Waals surface area (Å²) in [4.78, 5) is 24.7. The number of carbonyl (C=O) groups is 2. The molecule has 4 N–H and O–H groups in total. The van der Waals surface area contributed by atoms with Crippen molar-refractivity contribution in [3.8, 4) is 0 Å². The monoisotopic (exact) mass is 342 g/mol. The van der Waals surface area contributed by atoms with E-state index in [-0.39, 0.29) is 23.6 Å². The Labute approximate surface area is 140 Å². The highest BCUT2D eigenvalue weighted by atomic mass is 32.2. The zero-order chi connectivity index (χ0) is 17.2. The first-order chi connectivity index (χ1) is 10.8. The maximum Gasteiger partial charge on any atom is 0.352 e. The van der Waals surface area contributed by atoms with Gasteiger partial charge < -0.3 is 20.4 Å². The lowest BCUT2D eigenvalue weighted by molar-refractivity contribution is -0.884. The fraction of sp³-hybridized carbons (Fsp3) is 0.600. The minimum atomic E-state index is -1.09. The van der Waals surface area contributed by atoms with Crippen LogP contribution in [0.15, 0.2) is 23.4 Å². The van der Waals surface area contributed by atoms with Gasteiger partial charge in [0.1, 0.15) is 17.1 Å². The van der Waals surface area contributed by atoms with Crippen molar-refractivity contribution in [2.24, 2.45) is 5.73 Å². The molecule has 0 saturated carbocycles. The van der Waals surface area contributed by atoms with Crippen molar-refractivity contribution in [3.05, 3.63) is 23.4 Å². The topological polar surface area (TPSA) is 104 Å². The molecule has 0 aliphatic carbocycles. The van der Waals surface area contributed by atoms with Crippen LogP contribution in [0.3, 0.4) is 0 Å². The quantitative estimate of drug-likeness (QED) is 0.429. The summed E-state index contributed by atoms with van der Waals surface area (Å²) in [5.74, 6) is -0.890. The lowest BCUT2D eigenvalue weighted by Gasteiger charge is -2.47. The average molecular weight is 342 g/mol. The van der Waals surface area contributed by atoms with Crippen LogP contribution in [0.25, 0.3) is 0 Å². The predicted molar refractivity (Wildman–Crippen MR) is 88.4 cm³/mol. The van der Waals surface area contributed by atoms with Crippen molar-refractivity contribution >= 4 is 23.6 Å². The average Bonchev–Trinajstić information content (AvgIpc) is 2.51. The number of carboxylic acid groups (broad SMARTS) is 1. The van der Waals surface area contributed by atoms with Crippen molar-refractivity contribution in [2.45, 2.75) is 17.8 Å². The molecule has 7 nitrogen and oxygen atoms in total. The first-order valence-electron chi connectivity index (χ1n) is 7.54. The number of aliphatic carboxylic acids is 1. The van der Waals surface area contributed by atoms with Crippen molar-refractivity contribution in [3.63, 3.8) is 0 Å². The van der Waals surface area contributed by atoms with Crippen LogP contribution in [-0.2, 0) is 9.59 Å². The first-order valence-corrected chi connectivity index (χ1v) is 8.59. The van der Waals surface area contributed by atoms with Gasteiger partial charge in [0.15, 0.2) is 0 Å². The van der Waals surface area contributed by atoms with Gasteiger partial charge in [0.05, 0.1) is 27.2 Å². The largest absolute Gasteiger partial charge is 0.477 e. The molecular formula is C15H24N3O4S+. The molecule has 2 aliphatic rings. The maximum atomic E-state index is 11.8. The van der Waals surface area contributed by atoms with E-state index in [1.807, 2.05) is 6.08 Å². The van der Waals surface area contributed by atoms with Gasteiger partial charge in [-0.05, 0) is 11.6 Å². The Hall–Kier alpha value is -1.35. The Kier molecular flexibility index (Phi) is 5.51. The molecule has 1 amide bonds. The summed E-state index contributed by atoms with van der Waals surface area (Å²) >= 11 is 1.50. The van der Waals surface area contributed by atoms with Crippen LogP contribution >= 0.6 is 11.8 Å². The Morgan fingerprint density at radius 1 is 1.52 bits per heavy atom. The lowest BCUT2D eigenvalue weighted by atomic mass is 10.0. The van der Waals surface area contributed by atoms with Gasteiger partial charge in [-0.25, -0.2) is 4.79 Å². The predicted octanol–water partition coefficient (Wildman–Crippen LogP) is -0.417. The highest BCUT2D eigenvalue weighted by molar-refractivity contribution is 8.00. The van der Waals surface area contributed by atoms with E-state index in [0.29, 0.717) is 15.8 Å².